The van der Waals surface area contributed by atoms with Crippen molar-refractivity contribution in [3.8, 4) is 44.0 Å². The van der Waals surface area contributed by atoms with Gasteiger partial charge < -0.3 is 15.0 Å². The molecule has 0 aliphatic rings. The molecule has 0 amide bonds. The minimum Gasteiger partial charge on any atom is -0.339 e. The topological polar surface area (TPSA) is 225 Å². The van der Waals surface area contributed by atoms with Crippen molar-refractivity contribution in [2.45, 2.75) is 23.7 Å². The molecule has 56 heavy (non-hydrogen) atoms. The van der Waals surface area contributed by atoms with Crippen LogP contribution in [0.5, 0.6) is 0 Å². The lowest BCUT2D eigenvalue weighted by atomic mass is 10.1. The summed E-state index contributed by atoms with van der Waals surface area (Å²) in [5.41, 5.74) is 3.95. The van der Waals surface area contributed by atoms with Gasteiger partial charge in [0.2, 0.25) is 11.6 Å². The Hall–Kier alpha value is -6.30. The number of hydrogen-bond donors (Lipinski definition) is 5. The molecule has 0 spiro atoms. The van der Waals surface area contributed by atoms with Gasteiger partial charge in [0.1, 0.15) is 5.01 Å². The van der Waals surface area contributed by atoms with E-state index >= 15 is 0 Å². The molecular formula is C34H26BrN15O2S4. The molecule has 6 heterocycles. The van der Waals surface area contributed by atoms with E-state index in [1.807, 2.05) is 66.0 Å². The lowest BCUT2D eigenvalue weighted by Crippen LogP contribution is -2.09. The Morgan fingerprint density at radius 2 is 1.46 bits per heavy atom. The first-order valence-corrected chi connectivity index (χ1v) is 19.7. The van der Waals surface area contributed by atoms with E-state index in [1.54, 1.807) is 11.6 Å². The van der Waals surface area contributed by atoms with Crippen LogP contribution in [0.1, 0.15) is 18.6 Å². The van der Waals surface area contributed by atoms with Gasteiger partial charge in [-0.05, 0) is 57.4 Å². The quantitative estimate of drug-likeness (QED) is 0.0322. The van der Waals surface area contributed by atoms with E-state index in [0.29, 0.717) is 39.0 Å². The second kappa shape index (κ2) is 19.9. The van der Waals surface area contributed by atoms with Crippen LogP contribution >= 0.6 is 62.6 Å². The molecule has 6 aromatic heterocycles. The highest BCUT2D eigenvalue weighted by Gasteiger charge is 2.15. The number of aromatic nitrogens is 13. The monoisotopic (exact) mass is 883 g/mol. The molecule has 280 valence electrons. The molecule has 0 radical (unpaired) electrons. The highest BCUT2D eigenvalue weighted by atomic mass is 79.9. The minimum absolute atomic E-state index is 0. The number of nitrogens with zero attached hydrogens (tertiary/aromatic N) is 10. The third-order valence-corrected chi connectivity index (χ3v) is 10.5. The molecule has 0 atom stereocenters. The van der Waals surface area contributed by atoms with Gasteiger partial charge >= 0.3 is 0 Å². The van der Waals surface area contributed by atoms with Crippen LogP contribution in [-0.2, 0) is 11.1 Å². The molecule has 17 nitrogen and oxygen atoms in total. The fourth-order valence-electron chi connectivity index (χ4n) is 4.61. The lowest BCUT2D eigenvalue weighted by molar-refractivity contribution is 0.881. The van der Waals surface area contributed by atoms with Crippen LogP contribution in [0.4, 0.5) is 11.4 Å². The predicted molar refractivity (Wildman–Crippen MR) is 222 cm³/mol. The molecule has 0 bridgehead atoms. The summed E-state index contributed by atoms with van der Waals surface area (Å²) in [6.45, 7) is 14.2. The zero-order valence-electron chi connectivity index (χ0n) is 27.7. The van der Waals surface area contributed by atoms with Gasteiger partial charge in [0.15, 0.2) is 9.93 Å². The molecule has 8 aromatic rings. The van der Waals surface area contributed by atoms with E-state index in [-0.39, 0.29) is 23.6 Å². The second-order valence-corrected chi connectivity index (χ2v) is 14.3. The Morgan fingerprint density at radius 3 is 2.04 bits per heavy atom. The van der Waals surface area contributed by atoms with Crippen molar-refractivity contribution in [1.82, 2.24) is 66.2 Å². The molecular weight excluding hydrogens is 859 g/mol. The zero-order chi connectivity index (χ0) is 38.6. The number of benzene rings is 2. The lowest BCUT2D eigenvalue weighted by Gasteiger charge is -2.06. The summed E-state index contributed by atoms with van der Waals surface area (Å²) >= 11 is 12.4. The van der Waals surface area contributed by atoms with Gasteiger partial charge in [-0.25, -0.2) is 19.7 Å². The first-order valence-electron chi connectivity index (χ1n) is 15.4. The molecule has 0 aliphatic carbocycles. The van der Waals surface area contributed by atoms with Crippen molar-refractivity contribution in [2.24, 2.45) is 0 Å². The number of thiophene rings is 1. The van der Waals surface area contributed by atoms with Gasteiger partial charge in [0.25, 0.3) is 22.5 Å². The molecule has 0 saturated heterocycles. The summed E-state index contributed by atoms with van der Waals surface area (Å²) in [6.07, 6.45) is 1.60. The van der Waals surface area contributed by atoms with E-state index in [0.717, 1.165) is 26.9 Å². The smallest absolute Gasteiger partial charge is 0.276 e. The number of rotatable bonds is 8. The van der Waals surface area contributed by atoms with Crippen molar-refractivity contribution < 1.29 is 0 Å². The molecule has 0 fully saturated rings. The average Bonchev–Trinajstić information content (AvgIpc) is 4.06. The highest BCUT2D eigenvalue weighted by molar-refractivity contribution is 9.08. The van der Waals surface area contributed by atoms with Gasteiger partial charge in [-0.15, -0.1) is 43.1 Å². The molecule has 5 N–H and O–H groups in total. The number of thiazole rings is 1. The van der Waals surface area contributed by atoms with Crippen LogP contribution in [-0.4, -0.2) is 66.2 Å². The normalized spacial score (nSPS) is 10.1. The summed E-state index contributed by atoms with van der Waals surface area (Å²) in [5, 5.41) is 33.2. The number of nitrogens with one attached hydrogen (secondary N) is 5. The van der Waals surface area contributed by atoms with Crippen molar-refractivity contribution in [3.63, 3.8) is 0 Å². The summed E-state index contributed by atoms with van der Waals surface area (Å²) in [4.78, 5) is 47.3. The fraction of sp³-hybridized carbons (Fsp3) is 0.0882. The zero-order valence-corrected chi connectivity index (χ0v) is 32.6. The van der Waals surface area contributed by atoms with Gasteiger partial charge in [0.05, 0.1) is 24.5 Å². The molecule has 8 rings (SSSR count). The number of aromatic amines is 5. The van der Waals surface area contributed by atoms with E-state index in [9.17, 15) is 9.59 Å². The van der Waals surface area contributed by atoms with Gasteiger partial charge in [0, 0.05) is 38.7 Å². The van der Waals surface area contributed by atoms with Gasteiger partial charge in [-0.3, -0.25) is 9.59 Å². The SMILES string of the molecule is BrCc1cccc(-c2nn[nH]n2)c1.C.[C-]#[N+]c1c(-c2cccs2)nc(SCc2cccc(-c3nn[nH]n3)c2)[nH]c1=O.[C-]#[N+]c1c(-c2nccs2)[nH]c(=S)[nH]c1=O. The van der Waals surface area contributed by atoms with E-state index in [4.69, 9.17) is 25.4 Å². The second-order valence-electron chi connectivity index (χ2n) is 10.5. The molecule has 0 unspecified atom stereocenters. The van der Waals surface area contributed by atoms with E-state index in [2.05, 4.69) is 91.8 Å². The Labute approximate surface area is 342 Å². The summed E-state index contributed by atoms with van der Waals surface area (Å²) < 4.78 is 0.192. The third kappa shape index (κ3) is 10.3. The van der Waals surface area contributed by atoms with Crippen LogP contribution in [0, 0.1) is 17.9 Å². The largest absolute Gasteiger partial charge is 0.339 e. The maximum Gasteiger partial charge on any atom is 0.276 e. The average molecular weight is 885 g/mol. The molecule has 22 heteroatoms. The standard InChI is InChI=1S/C17H11N7OS2.C8H7BrN4.C8H4N4OS2.CH4/c1-18-14-13(12-6-3-7-26-12)19-17(20-16(14)25)27-9-10-4-2-5-11(8-10)15-21-23-24-22-15;9-5-6-2-1-3-7(4-6)8-10-12-13-11-8;1-9-4-5(7-10-2-3-15-7)11-8(14)12-6(4)13;/h2-8H,9H2,(H,19,20,25)(H,21,22,23,24);1-4H,5H2,(H,10,11,12,13);2-3H,(H2,11,12,13,14);1H4. The van der Waals surface area contributed by atoms with Crippen molar-refractivity contribution in [3.05, 3.63) is 137 Å². The van der Waals surface area contributed by atoms with E-state index < -0.39 is 11.1 Å². The summed E-state index contributed by atoms with van der Waals surface area (Å²) in [5.74, 6) is 1.74. The van der Waals surface area contributed by atoms with Crippen LogP contribution in [0.3, 0.4) is 0 Å². The summed E-state index contributed by atoms with van der Waals surface area (Å²) in [7, 11) is 0. The van der Waals surface area contributed by atoms with E-state index in [1.165, 1.54) is 40.0 Å². The van der Waals surface area contributed by atoms with Gasteiger partial charge in [-0.2, -0.15) is 10.4 Å². The number of hydrogen-bond acceptors (Lipinski definition) is 14. The van der Waals surface area contributed by atoms with Crippen LogP contribution < -0.4 is 11.1 Å². The Bertz CT molecular complexity index is 2750. The maximum atomic E-state index is 12.3. The number of tetrazole rings is 2. The molecule has 2 aromatic carbocycles. The first kappa shape index (κ1) is 40.9. The third-order valence-electron chi connectivity index (χ3n) is 7.01. The summed E-state index contributed by atoms with van der Waals surface area (Å²) in [6, 6.07) is 19.5. The fourth-order valence-corrected chi connectivity index (χ4v) is 7.31. The number of halogens is 1. The van der Waals surface area contributed by atoms with Crippen LogP contribution in [0.15, 0.2) is 92.4 Å². The number of thioether (sulfide) groups is 1. The van der Waals surface area contributed by atoms with Crippen molar-refractivity contribution >= 4 is 74.0 Å². The molecule has 0 aliphatic heterocycles. The first-order chi connectivity index (χ1) is 26.9. The maximum absolute atomic E-state index is 12.3. The van der Waals surface area contributed by atoms with Crippen molar-refractivity contribution in [2.75, 3.05) is 0 Å². The van der Waals surface area contributed by atoms with Crippen LogP contribution in [0.2, 0.25) is 0 Å². The minimum atomic E-state index is -0.487. The Balaban J connectivity index is 0.000000175. The Kier molecular flexibility index (Phi) is 14.5. The number of H-pyrrole nitrogens is 5. The molecule has 0 saturated carbocycles. The Morgan fingerprint density at radius 1 is 0.804 bits per heavy atom. The highest BCUT2D eigenvalue weighted by Crippen LogP contribution is 2.31. The predicted octanol–water partition coefficient (Wildman–Crippen LogP) is 8.03. The van der Waals surface area contributed by atoms with Crippen molar-refractivity contribution in [1.29, 1.82) is 0 Å². The van der Waals surface area contributed by atoms with Gasteiger partial charge in [-0.1, -0.05) is 77.6 Å². The van der Waals surface area contributed by atoms with Crippen LogP contribution in [0.25, 0.3) is 53.7 Å². The number of alkyl halides is 1.